The molecule has 3 rings (SSSR count). The molecule has 0 spiro atoms. The number of hydrogen-bond donors (Lipinski definition) is 0. The van der Waals surface area contributed by atoms with Crippen LogP contribution in [0.5, 0.6) is 5.75 Å². The lowest BCUT2D eigenvalue weighted by Crippen LogP contribution is -2.37. The average Bonchev–Trinajstić information content (AvgIpc) is 2.82. The van der Waals surface area contributed by atoms with Crippen molar-refractivity contribution in [2.24, 2.45) is 17.8 Å². The maximum atomic E-state index is 12.8. The van der Waals surface area contributed by atoms with Crippen molar-refractivity contribution in [2.75, 3.05) is 6.61 Å². The molecule has 0 saturated heterocycles. The van der Waals surface area contributed by atoms with E-state index < -0.39 is 0 Å². The molecule has 1 aromatic carbocycles. The summed E-state index contributed by atoms with van der Waals surface area (Å²) in [6, 6.07) is 8.16. The van der Waals surface area contributed by atoms with Gasteiger partial charge >= 0.3 is 5.97 Å². The van der Waals surface area contributed by atoms with Gasteiger partial charge in [0, 0.05) is 6.61 Å². The van der Waals surface area contributed by atoms with Crippen molar-refractivity contribution in [1.82, 2.24) is 0 Å². The van der Waals surface area contributed by atoms with Crippen LogP contribution in [0.3, 0.4) is 0 Å². The summed E-state index contributed by atoms with van der Waals surface area (Å²) in [5.41, 5.74) is 1.33. The van der Waals surface area contributed by atoms with Crippen LogP contribution >= 0.6 is 0 Å². The summed E-state index contributed by atoms with van der Waals surface area (Å²) in [5, 5.41) is 0. The van der Waals surface area contributed by atoms with Gasteiger partial charge in [-0.1, -0.05) is 64.5 Å². The van der Waals surface area contributed by atoms with Crippen molar-refractivity contribution >= 4 is 5.97 Å². The zero-order chi connectivity index (χ0) is 22.6. The lowest BCUT2D eigenvalue weighted by atomic mass is 9.67. The first-order valence-electron chi connectivity index (χ1n) is 13.6. The maximum absolute atomic E-state index is 12.8. The third-order valence-corrected chi connectivity index (χ3v) is 7.71. The van der Waals surface area contributed by atoms with E-state index in [9.17, 15) is 4.79 Å². The molecule has 0 aromatic heterocycles. The summed E-state index contributed by atoms with van der Waals surface area (Å²) >= 11 is 0. The first-order chi connectivity index (χ1) is 15.7. The van der Waals surface area contributed by atoms with E-state index in [-0.39, 0.29) is 11.9 Å². The molecule has 0 aliphatic heterocycles. The molecule has 2 aliphatic rings. The second-order valence-electron chi connectivity index (χ2n) is 10.3. The van der Waals surface area contributed by atoms with Crippen LogP contribution in [0.25, 0.3) is 0 Å². The standard InChI is InChI=1S/C29H46O3/c1-3-5-7-8-10-20-31-28-19-16-24-21-26(15-14-25(24)22-28)29(30)32-27-17-12-23(13-18-27)11-9-6-4-2/h12-13,17-18,24-26,28H,3-11,14-16,19-22H2,1-2H3/t24?,25-,26-,28?/m1/s1. The van der Waals surface area contributed by atoms with Gasteiger partial charge in [0.05, 0.1) is 12.0 Å². The number of carbonyl (C=O) groups excluding carboxylic acids is 1. The van der Waals surface area contributed by atoms with Gasteiger partial charge in [-0.2, -0.15) is 0 Å². The van der Waals surface area contributed by atoms with Crippen LogP contribution in [0.1, 0.15) is 109 Å². The molecular formula is C29H46O3. The average molecular weight is 443 g/mol. The second kappa shape index (κ2) is 14.0. The lowest BCUT2D eigenvalue weighted by molar-refractivity contribution is -0.141. The molecule has 4 atom stereocenters. The van der Waals surface area contributed by atoms with E-state index in [0.717, 1.165) is 44.6 Å². The molecular weight excluding hydrogens is 396 g/mol. The molecule has 3 nitrogen and oxygen atoms in total. The third kappa shape index (κ3) is 8.21. The number of aryl methyl sites for hydroxylation is 1. The van der Waals surface area contributed by atoms with Gasteiger partial charge in [-0.15, -0.1) is 0 Å². The van der Waals surface area contributed by atoms with Gasteiger partial charge in [0.2, 0.25) is 0 Å². The summed E-state index contributed by atoms with van der Waals surface area (Å²) in [6.45, 7) is 5.42. The quantitative estimate of drug-likeness (QED) is 0.177. The minimum Gasteiger partial charge on any atom is -0.426 e. The van der Waals surface area contributed by atoms with Crippen LogP contribution in [0.2, 0.25) is 0 Å². The normalized spacial score (nSPS) is 25.3. The highest BCUT2D eigenvalue weighted by atomic mass is 16.5. The van der Waals surface area contributed by atoms with Gasteiger partial charge in [0.15, 0.2) is 0 Å². The highest BCUT2D eigenvalue weighted by molar-refractivity contribution is 5.75. The lowest BCUT2D eigenvalue weighted by Gasteiger charge is -2.41. The van der Waals surface area contributed by atoms with Gasteiger partial charge in [-0.05, 0) is 87.3 Å². The first kappa shape index (κ1) is 25.3. The predicted molar refractivity (Wildman–Crippen MR) is 132 cm³/mol. The highest BCUT2D eigenvalue weighted by Crippen LogP contribution is 2.44. The minimum atomic E-state index is -0.0207. The Balaban J connectivity index is 1.36. The number of fused-ring (bicyclic) bond motifs is 1. The summed E-state index contributed by atoms with van der Waals surface area (Å²) in [4.78, 5) is 12.8. The Labute approximate surface area is 196 Å². The molecule has 0 N–H and O–H groups in total. The second-order valence-corrected chi connectivity index (χ2v) is 10.3. The number of rotatable bonds is 13. The summed E-state index contributed by atoms with van der Waals surface area (Å²) in [5.74, 6) is 2.16. The SMILES string of the molecule is CCCCCCCOC1CCC2C[C@H](C(=O)Oc3ccc(CCCCC)cc3)CC[C@@H]2C1. The Morgan fingerprint density at radius 3 is 2.28 bits per heavy atom. The number of ether oxygens (including phenoxy) is 2. The van der Waals surface area contributed by atoms with E-state index in [1.54, 1.807) is 0 Å². The largest absolute Gasteiger partial charge is 0.426 e. The first-order valence-corrected chi connectivity index (χ1v) is 13.6. The van der Waals surface area contributed by atoms with E-state index in [1.165, 1.54) is 69.8 Å². The van der Waals surface area contributed by atoms with Crippen LogP contribution in [0.4, 0.5) is 0 Å². The molecule has 2 fully saturated rings. The Bertz CT molecular complexity index is 653. The zero-order valence-corrected chi connectivity index (χ0v) is 20.7. The minimum absolute atomic E-state index is 0.0207. The van der Waals surface area contributed by atoms with Gasteiger partial charge in [0.25, 0.3) is 0 Å². The number of benzene rings is 1. The Hall–Kier alpha value is -1.35. The van der Waals surface area contributed by atoms with E-state index in [2.05, 4.69) is 26.0 Å². The predicted octanol–water partition coefficient (Wildman–Crippen LogP) is 7.90. The van der Waals surface area contributed by atoms with Crippen molar-refractivity contribution in [1.29, 1.82) is 0 Å². The van der Waals surface area contributed by atoms with Gasteiger partial charge in [-0.3, -0.25) is 4.79 Å². The van der Waals surface area contributed by atoms with Crippen molar-refractivity contribution in [3.63, 3.8) is 0 Å². The molecule has 180 valence electrons. The molecule has 3 heteroatoms. The van der Waals surface area contributed by atoms with Gasteiger partial charge < -0.3 is 9.47 Å². The van der Waals surface area contributed by atoms with Crippen molar-refractivity contribution in [3.8, 4) is 5.75 Å². The Kier molecular flexibility index (Phi) is 11.1. The molecule has 0 bridgehead atoms. The fourth-order valence-electron chi connectivity index (χ4n) is 5.67. The molecule has 32 heavy (non-hydrogen) atoms. The fraction of sp³-hybridized carbons (Fsp3) is 0.759. The molecule has 2 aliphatic carbocycles. The van der Waals surface area contributed by atoms with E-state index in [1.807, 2.05) is 12.1 Å². The monoisotopic (exact) mass is 442 g/mol. The Morgan fingerprint density at radius 1 is 0.812 bits per heavy atom. The van der Waals surface area contributed by atoms with Gasteiger partial charge in [-0.25, -0.2) is 0 Å². The number of esters is 1. The van der Waals surface area contributed by atoms with E-state index >= 15 is 0 Å². The number of carbonyl (C=O) groups is 1. The van der Waals surface area contributed by atoms with Crippen molar-refractivity contribution in [2.45, 2.75) is 116 Å². The maximum Gasteiger partial charge on any atom is 0.314 e. The van der Waals surface area contributed by atoms with Crippen molar-refractivity contribution < 1.29 is 14.3 Å². The number of unbranched alkanes of at least 4 members (excludes halogenated alkanes) is 6. The topological polar surface area (TPSA) is 35.5 Å². The molecule has 2 saturated carbocycles. The van der Waals surface area contributed by atoms with Crippen LogP contribution < -0.4 is 4.74 Å². The van der Waals surface area contributed by atoms with Crippen LogP contribution in [0, 0.1) is 17.8 Å². The molecule has 0 heterocycles. The smallest absolute Gasteiger partial charge is 0.314 e. The molecule has 2 unspecified atom stereocenters. The Morgan fingerprint density at radius 2 is 1.50 bits per heavy atom. The fourth-order valence-corrected chi connectivity index (χ4v) is 5.67. The summed E-state index contributed by atoms with van der Waals surface area (Å²) in [6.07, 6.45) is 18.5. The van der Waals surface area contributed by atoms with Crippen molar-refractivity contribution in [3.05, 3.63) is 29.8 Å². The summed E-state index contributed by atoms with van der Waals surface area (Å²) in [7, 11) is 0. The molecule has 0 radical (unpaired) electrons. The number of hydrogen-bond acceptors (Lipinski definition) is 3. The van der Waals surface area contributed by atoms with Crippen LogP contribution in [0.15, 0.2) is 24.3 Å². The molecule has 0 amide bonds. The van der Waals surface area contributed by atoms with Gasteiger partial charge in [0.1, 0.15) is 5.75 Å². The van der Waals surface area contributed by atoms with E-state index in [0.29, 0.717) is 17.8 Å². The van der Waals surface area contributed by atoms with Crippen LogP contribution in [-0.4, -0.2) is 18.7 Å². The zero-order valence-electron chi connectivity index (χ0n) is 20.7. The molecule has 1 aromatic rings. The third-order valence-electron chi connectivity index (χ3n) is 7.71. The van der Waals surface area contributed by atoms with Crippen LogP contribution in [-0.2, 0) is 16.0 Å². The van der Waals surface area contributed by atoms with E-state index in [4.69, 9.17) is 9.47 Å². The summed E-state index contributed by atoms with van der Waals surface area (Å²) < 4.78 is 12.0. The highest BCUT2D eigenvalue weighted by Gasteiger charge is 2.38.